The fourth-order valence-corrected chi connectivity index (χ4v) is 1.71. The van der Waals surface area contributed by atoms with E-state index in [-0.39, 0.29) is 12.5 Å². The van der Waals surface area contributed by atoms with E-state index in [2.05, 4.69) is 17.2 Å². The molecular formula is C15H19ClN2O3. The number of ether oxygens (including phenoxy) is 2. The van der Waals surface area contributed by atoms with Crippen LogP contribution in [0.5, 0.6) is 0 Å². The number of amides is 1. The molecule has 0 aliphatic rings. The van der Waals surface area contributed by atoms with Gasteiger partial charge in [0.2, 0.25) is 0 Å². The molecule has 0 spiro atoms. The van der Waals surface area contributed by atoms with Crippen LogP contribution in [0.1, 0.15) is 15.9 Å². The van der Waals surface area contributed by atoms with E-state index in [9.17, 15) is 4.79 Å². The molecule has 0 saturated carbocycles. The first-order chi connectivity index (χ1) is 10.2. The first-order valence-electron chi connectivity index (χ1n) is 6.52. The van der Waals surface area contributed by atoms with Gasteiger partial charge in [0.15, 0.2) is 0 Å². The number of nitrogens with one attached hydrogen (secondary N) is 1. The summed E-state index contributed by atoms with van der Waals surface area (Å²) in [6, 6.07) is 4.96. The van der Waals surface area contributed by atoms with Crippen molar-refractivity contribution in [1.82, 2.24) is 5.32 Å². The van der Waals surface area contributed by atoms with Crippen LogP contribution in [0.2, 0.25) is 5.02 Å². The third kappa shape index (κ3) is 6.61. The summed E-state index contributed by atoms with van der Waals surface area (Å²) in [6.45, 7) is 2.17. The van der Waals surface area contributed by atoms with E-state index in [0.717, 1.165) is 0 Å². The third-order valence-electron chi connectivity index (χ3n) is 2.52. The highest BCUT2D eigenvalue weighted by molar-refractivity contribution is 6.32. The van der Waals surface area contributed by atoms with Crippen molar-refractivity contribution in [2.24, 2.45) is 5.73 Å². The quantitative estimate of drug-likeness (QED) is 0.583. The SMILES string of the molecule is COCCOCCNC(=O)c1ccc(C#CCN)c(Cl)c1. The molecule has 0 aromatic heterocycles. The van der Waals surface area contributed by atoms with Crippen molar-refractivity contribution in [2.75, 3.05) is 40.0 Å². The second-order valence-corrected chi connectivity index (χ2v) is 4.47. The van der Waals surface area contributed by atoms with Crippen LogP contribution in [0.15, 0.2) is 18.2 Å². The predicted octanol–water partition coefficient (Wildman–Crippen LogP) is 1.04. The van der Waals surface area contributed by atoms with Crippen LogP contribution >= 0.6 is 11.6 Å². The summed E-state index contributed by atoms with van der Waals surface area (Å²) in [7, 11) is 1.61. The molecule has 0 aliphatic heterocycles. The van der Waals surface area contributed by atoms with E-state index in [1.165, 1.54) is 0 Å². The molecular weight excluding hydrogens is 292 g/mol. The molecule has 21 heavy (non-hydrogen) atoms. The number of hydrogen-bond acceptors (Lipinski definition) is 4. The maximum absolute atomic E-state index is 11.9. The Kier molecular flexibility index (Phi) is 8.48. The molecule has 1 aromatic rings. The molecule has 6 heteroatoms. The number of carbonyl (C=O) groups excluding carboxylic acids is 1. The Morgan fingerprint density at radius 1 is 1.38 bits per heavy atom. The molecule has 0 bridgehead atoms. The fourth-order valence-electron chi connectivity index (χ4n) is 1.49. The van der Waals surface area contributed by atoms with Gasteiger partial charge in [-0.1, -0.05) is 23.4 Å². The van der Waals surface area contributed by atoms with Gasteiger partial charge in [-0.25, -0.2) is 0 Å². The Morgan fingerprint density at radius 3 is 2.86 bits per heavy atom. The first-order valence-corrected chi connectivity index (χ1v) is 6.90. The average Bonchev–Trinajstić information content (AvgIpc) is 2.49. The molecule has 0 aliphatic carbocycles. The van der Waals surface area contributed by atoms with Gasteiger partial charge >= 0.3 is 0 Å². The Labute approximate surface area is 129 Å². The van der Waals surface area contributed by atoms with E-state index in [4.69, 9.17) is 26.8 Å². The summed E-state index contributed by atoms with van der Waals surface area (Å²) in [5.74, 6) is 5.36. The van der Waals surface area contributed by atoms with E-state index >= 15 is 0 Å². The van der Waals surface area contributed by atoms with Crippen LogP contribution in [-0.4, -0.2) is 45.9 Å². The summed E-state index contributed by atoms with van der Waals surface area (Å²) in [6.07, 6.45) is 0. The Morgan fingerprint density at radius 2 is 2.19 bits per heavy atom. The lowest BCUT2D eigenvalue weighted by Crippen LogP contribution is -2.27. The molecule has 5 nitrogen and oxygen atoms in total. The van der Waals surface area contributed by atoms with Crippen molar-refractivity contribution in [3.63, 3.8) is 0 Å². The van der Waals surface area contributed by atoms with Crippen molar-refractivity contribution in [2.45, 2.75) is 0 Å². The summed E-state index contributed by atoms with van der Waals surface area (Å²) < 4.78 is 10.1. The molecule has 0 unspecified atom stereocenters. The van der Waals surface area contributed by atoms with Crippen LogP contribution < -0.4 is 11.1 Å². The van der Waals surface area contributed by atoms with Crippen molar-refractivity contribution < 1.29 is 14.3 Å². The monoisotopic (exact) mass is 310 g/mol. The highest BCUT2D eigenvalue weighted by Gasteiger charge is 2.07. The summed E-state index contributed by atoms with van der Waals surface area (Å²) in [5.41, 5.74) is 6.44. The zero-order valence-electron chi connectivity index (χ0n) is 11.9. The lowest BCUT2D eigenvalue weighted by atomic mass is 10.1. The minimum absolute atomic E-state index is 0.203. The van der Waals surface area contributed by atoms with Crippen LogP contribution in [-0.2, 0) is 9.47 Å². The third-order valence-corrected chi connectivity index (χ3v) is 2.83. The van der Waals surface area contributed by atoms with Crippen molar-refractivity contribution in [1.29, 1.82) is 0 Å². The predicted molar refractivity (Wildman–Crippen MR) is 82.4 cm³/mol. The number of hydrogen-bond donors (Lipinski definition) is 2. The molecule has 114 valence electrons. The second kappa shape index (κ2) is 10.2. The van der Waals surface area contributed by atoms with Gasteiger partial charge < -0.3 is 20.5 Å². The molecule has 1 amide bonds. The molecule has 3 N–H and O–H groups in total. The van der Waals surface area contributed by atoms with E-state index < -0.39 is 0 Å². The topological polar surface area (TPSA) is 73.6 Å². The van der Waals surface area contributed by atoms with Gasteiger partial charge in [0.25, 0.3) is 5.91 Å². The van der Waals surface area contributed by atoms with Gasteiger partial charge in [-0.3, -0.25) is 4.79 Å². The maximum atomic E-state index is 11.9. The highest BCUT2D eigenvalue weighted by Crippen LogP contribution is 2.16. The van der Waals surface area contributed by atoms with E-state index in [1.54, 1.807) is 25.3 Å². The standard InChI is InChI=1S/C15H19ClN2O3/c1-20-9-10-21-8-7-18-15(19)13-5-4-12(3-2-6-17)14(16)11-13/h4-5,11H,6-10,17H2,1H3,(H,18,19). The van der Waals surface area contributed by atoms with Crippen molar-refractivity contribution in [3.05, 3.63) is 34.3 Å². The summed E-state index contributed by atoms with van der Waals surface area (Å²) in [4.78, 5) is 11.9. The van der Waals surface area contributed by atoms with Gasteiger partial charge in [-0.2, -0.15) is 0 Å². The lowest BCUT2D eigenvalue weighted by Gasteiger charge is -2.07. The van der Waals surface area contributed by atoms with E-state index in [1.807, 2.05) is 0 Å². The van der Waals surface area contributed by atoms with Crippen molar-refractivity contribution in [3.8, 4) is 11.8 Å². The number of nitrogens with two attached hydrogens (primary N) is 1. The summed E-state index contributed by atoms with van der Waals surface area (Å²) >= 11 is 6.07. The maximum Gasteiger partial charge on any atom is 0.251 e. The zero-order valence-corrected chi connectivity index (χ0v) is 12.7. The number of benzene rings is 1. The lowest BCUT2D eigenvalue weighted by molar-refractivity contribution is 0.0692. The number of methoxy groups -OCH3 is 1. The molecule has 0 atom stereocenters. The fraction of sp³-hybridized carbons (Fsp3) is 0.400. The van der Waals surface area contributed by atoms with Gasteiger partial charge in [0.05, 0.1) is 31.4 Å². The minimum atomic E-state index is -0.203. The summed E-state index contributed by atoms with van der Waals surface area (Å²) in [5, 5.41) is 3.18. The molecule has 0 radical (unpaired) electrons. The number of rotatable bonds is 7. The molecule has 0 heterocycles. The molecule has 1 aromatic carbocycles. The Balaban J connectivity index is 2.46. The second-order valence-electron chi connectivity index (χ2n) is 4.06. The smallest absolute Gasteiger partial charge is 0.251 e. The highest BCUT2D eigenvalue weighted by atomic mass is 35.5. The van der Waals surface area contributed by atoms with Crippen molar-refractivity contribution >= 4 is 17.5 Å². The van der Waals surface area contributed by atoms with Gasteiger partial charge in [-0.15, -0.1) is 0 Å². The minimum Gasteiger partial charge on any atom is -0.382 e. The molecule has 1 rings (SSSR count). The largest absolute Gasteiger partial charge is 0.382 e. The molecule has 0 saturated heterocycles. The first kappa shape index (κ1) is 17.5. The van der Waals surface area contributed by atoms with Crippen LogP contribution in [0.25, 0.3) is 0 Å². The van der Waals surface area contributed by atoms with Crippen LogP contribution in [0.4, 0.5) is 0 Å². The average molecular weight is 311 g/mol. The van der Waals surface area contributed by atoms with Gasteiger partial charge in [0.1, 0.15) is 0 Å². The van der Waals surface area contributed by atoms with E-state index in [0.29, 0.717) is 42.5 Å². The Hall–Kier alpha value is -1.58. The normalized spacial score (nSPS) is 9.86. The van der Waals surface area contributed by atoms with Gasteiger partial charge in [0, 0.05) is 24.8 Å². The number of carbonyl (C=O) groups is 1. The Bertz CT molecular complexity index is 523. The number of halogens is 1. The van der Waals surface area contributed by atoms with Gasteiger partial charge in [-0.05, 0) is 18.2 Å². The van der Waals surface area contributed by atoms with Crippen LogP contribution in [0.3, 0.4) is 0 Å². The molecule has 0 fully saturated rings. The zero-order chi connectivity index (χ0) is 15.5. The van der Waals surface area contributed by atoms with Crippen LogP contribution in [0, 0.1) is 11.8 Å².